The van der Waals surface area contributed by atoms with Crippen LogP contribution in [0.2, 0.25) is 0 Å². The molecule has 0 heterocycles. The van der Waals surface area contributed by atoms with Gasteiger partial charge in [-0.15, -0.1) is 0 Å². The van der Waals surface area contributed by atoms with E-state index in [1.807, 2.05) is 37.1 Å². The van der Waals surface area contributed by atoms with Crippen LogP contribution >= 0.6 is 0 Å². The molecule has 0 atom stereocenters. The summed E-state index contributed by atoms with van der Waals surface area (Å²) < 4.78 is 24.3. The highest BCUT2D eigenvalue weighted by atomic mass is 32.2. The van der Waals surface area contributed by atoms with Crippen LogP contribution in [0.1, 0.15) is 5.56 Å². The maximum atomic E-state index is 10.9. The van der Waals surface area contributed by atoms with Crippen molar-refractivity contribution in [1.29, 1.82) is 0 Å². The molecule has 1 aromatic carbocycles. The molecule has 0 saturated heterocycles. The number of hydrogen-bond donors (Lipinski definition) is 2. The van der Waals surface area contributed by atoms with Crippen LogP contribution < -0.4 is 15.4 Å². The van der Waals surface area contributed by atoms with Crippen molar-refractivity contribution < 1.29 is 8.42 Å². The molecule has 6 heteroatoms. The molecule has 0 spiro atoms. The molecule has 17 heavy (non-hydrogen) atoms. The van der Waals surface area contributed by atoms with Gasteiger partial charge in [0.05, 0.1) is 6.26 Å². The lowest BCUT2D eigenvalue weighted by Crippen LogP contribution is -2.32. The first-order valence-electron chi connectivity index (χ1n) is 5.31. The van der Waals surface area contributed by atoms with Crippen LogP contribution in [0.25, 0.3) is 0 Å². The molecule has 0 aliphatic rings. The van der Waals surface area contributed by atoms with Gasteiger partial charge in [-0.05, 0) is 30.7 Å². The molecule has 0 aliphatic heterocycles. The van der Waals surface area contributed by atoms with Gasteiger partial charge in [-0.3, -0.25) is 0 Å². The summed E-state index contributed by atoms with van der Waals surface area (Å²) in [4.78, 5) is 1.96. The molecule has 96 valence electrons. The molecule has 0 amide bonds. The van der Waals surface area contributed by atoms with Crippen molar-refractivity contribution in [3.05, 3.63) is 23.8 Å². The van der Waals surface area contributed by atoms with Crippen molar-refractivity contribution in [2.75, 3.05) is 37.0 Å². The molecule has 3 N–H and O–H groups in total. The molecule has 0 aromatic heterocycles. The maximum Gasteiger partial charge on any atom is 0.208 e. The first-order chi connectivity index (χ1) is 7.78. The van der Waals surface area contributed by atoms with Crippen LogP contribution in [0.3, 0.4) is 0 Å². The van der Waals surface area contributed by atoms with Crippen LogP contribution in [0.5, 0.6) is 0 Å². The Kier molecular flexibility index (Phi) is 4.36. The van der Waals surface area contributed by atoms with Crippen LogP contribution in [-0.4, -0.2) is 34.8 Å². The van der Waals surface area contributed by atoms with Gasteiger partial charge in [0.15, 0.2) is 0 Å². The summed E-state index contributed by atoms with van der Waals surface area (Å²) in [6, 6.07) is 5.77. The molecular weight excluding hydrogens is 238 g/mol. The summed E-state index contributed by atoms with van der Waals surface area (Å²) in [5.74, 6) is 0. The largest absolute Gasteiger partial charge is 0.399 e. The predicted octanol–water partition coefficient (Wildman–Crippen LogP) is 0.563. The smallest absolute Gasteiger partial charge is 0.208 e. The molecule has 1 rings (SSSR count). The topological polar surface area (TPSA) is 75.4 Å². The monoisotopic (exact) mass is 257 g/mol. The number of benzene rings is 1. The van der Waals surface area contributed by atoms with Gasteiger partial charge < -0.3 is 10.6 Å². The highest BCUT2D eigenvalue weighted by Crippen LogP contribution is 2.18. The van der Waals surface area contributed by atoms with Gasteiger partial charge in [0, 0.05) is 31.5 Å². The Morgan fingerprint density at radius 3 is 2.53 bits per heavy atom. The first-order valence-corrected chi connectivity index (χ1v) is 7.20. The number of likely N-dealkylation sites (N-methyl/N-ethyl adjacent to an activating group) is 1. The van der Waals surface area contributed by atoms with E-state index in [2.05, 4.69) is 4.72 Å². The molecule has 0 saturated carbocycles. The van der Waals surface area contributed by atoms with Gasteiger partial charge in [0.25, 0.3) is 0 Å². The summed E-state index contributed by atoms with van der Waals surface area (Å²) in [7, 11) is -1.22. The second-order valence-electron chi connectivity index (χ2n) is 4.19. The van der Waals surface area contributed by atoms with Gasteiger partial charge >= 0.3 is 0 Å². The third kappa shape index (κ3) is 5.06. The minimum Gasteiger partial charge on any atom is -0.399 e. The van der Waals surface area contributed by atoms with E-state index in [1.165, 1.54) is 0 Å². The Morgan fingerprint density at radius 1 is 1.35 bits per heavy atom. The van der Waals surface area contributed by atoms with Gasteiger partial charge in [0.1, 0.15) is 0 Å². The van der Waals surface area contributed by atoms with E-state index in [4.69, 9.17) is 5.73 Å². The van der Waals surface area contributed by atoms with Crippen molar-refractivity contribution in [3.8, 4) is 0 Å². The Hall–Kier alpha value is -1.27. The van der Waals surface area contributed by atoms with Crippen molar-refractivity contribution in [2.45, 2.75) is 6.92 Å². The minimum absolute atomic E-state index is 0.378. The number of nitrogens with two attached hydrogens (primary N) is 1. The summed E-state index contributed by atoms with van der Waals surface area (Å²) >= 11 is 0. The van der Waals surface area contributed by atoms with E-state index < -0.39 is 10.0 Å². The van der Waals surface area contributed by atoms with E-state index in [0.29, 0.717) is 18.8 Å². The predicted molar refractivity (Wildman–Crippen MR) is 71.7 cm³/mol. The molecule has 1 aromatic rings. The Bertz CT molecular complexity index is 465. The fourth-order valence-electron chi connectivity index (χ4n) is 1.54. The zero-order valence-corrected chi connectivity index (χ0v) is 11.2. The lowest BCUT2D eigenvalue weighted by Gasteiger charge is -2.20. The number of nitrogens with zero attached hydrogens (tertiary/aromatic N) is 1. The second-order valence-corrected chi connectivity index (χ2v) is 6.02. The number of aryl methyl sites for hydroxylation is 1. The second kappa shape index (κ2) is 5.37. The average molecular weight is 257 g/mol. The summed E-state index contributed by atoms with van der Waals surface area (Å²) in [6.07, 6.45) is 1.15. The molecule has 0 aliphatic carbocycles. The first kappa shape index (κ1) is 13.8. The zero-order valence-electron chi connectivity index (χ0n) is 10.4. The van der Waals surface area contributed by atoms with E-state index in [0.717, 1.165) is 17.5 Å². The maximum absolute atomic E-state index is 10.9. The van der Waals surface area contributed by atoms with E-state index in [9.17, 15) is 8.42 Å². The molecule has 0 radical (unpaired) electrons. The molecule has 0 unspecified atom stereocenters. The fraction of sp³-hybridized carbons (Fsp3) is 0.455. The standard InChI is InChI=1S/C11H19N3O2S/c1-9-6-10(12)8-11(7-9)14(2)5-4-13-17(3,15)16/h6-8,13H,4-5,12H2,1-3H3. The summed E-state index contributed by atoms with van der Waals surface area (Å²) in [5, 5.41) is 0. The van der Waals surface area contributed by atoms with Crippen molar-refractivity contribution in [3.63, 3.8) is 0 Å². The Labute approximate surface area is 103 Å². The van der Waals surface area contributed by atoms with Gasteiger partial charge in [0.2, 0.25) is 10.0 Å². The third-order valence-electron chi connectivity index (χ3n) is 2.34. The van der Waals surface area contributed by atoms with Gasteiger partial charge in [-0.2, -0.15) is 0 Å². The van der Waals surface area contributed by atoms with E-state index >= 15 is 0 Å². The number of nitrogens with one attached hydrogen (secondary N) is 1. The van der Waals surface area contributed by atoms with Gasteiger partial charge in [-0.25, -0.2) is 13.1 Å². The lowest BCUT2D eigenvalue weighted by molar-refractivity contribution is 0.587. The quantitative estimate of drug-likeness (QED) is 0.756. The van der Waals surface area contributed by atoms with Crippen LogP contribution in [0, 0.1) is 6.92 Å². The highest BCUT2D eigenvalue weighted by molar-refractivity contribution is 7.88. The average Bonchev–Trinajstić information content (AvgIpc) is 2.13. The SMILES string of the molecule is Cc1cc(N)cc(N(C)CCNS(C)(=O)=O)c1. The van der Waals surface area contributed by atoms with E-state index in [1.54, 1.807) is 0 Å². The molecular formula is C11H19N3O2S. The molecule has 0 fully saturated rings. The summed E-state index contributed by atoms with van der Waals surface area (Å²) in [6.45, 7) is 2.95. The third-order valence-corrected chi connectivity index (χ3v) is 3.07. The minimum atomic E-state index is -3.12. The number of nitrogen functional groups attached to an aromatic ring is 1. The normalized spacial score (nSPS) is 11.5. The fourth-order valence-corrected chi connectivity index (χ4v) is 2.00. The van der Waals surface area contributed by atoms with Crippen molar-refractivity contribution in [2.24, 2.45) is 0 Å². The van der Waals surface area contributed by atoms with E-state index in [-0.39, 0.29) is 0 Å². The number of rotatable bonds is 5. The number of hydrogen-bond acceptors (Lipinski definition) is 4. The van der Waals surface area contributed by atoms with Crippen molar-refractivity contribution in [1.82, 2.24) is 4.72 Å². The van der Waals surface area contributed by atoms with Crippen LogP contribution in [0.4, 0.5) is 11.4 Å². The Balaban J connectivity index is 2.61. The highest BCUT2D eigenvalue weighted by Gasteiger charge is 2.04. The number of sulfonamides is 1. The molecule has 0 bridgehead atoms. The number of anilines is 2. The van der Waals surface area contributed by atoms with Crippen molar-refractivity contribution >= 4 is 21.4 Å². The van der Waals surface area contributed by atoms with Crippen LogP contribution in [0.15, 0.2) is 18.2 Å². The zero-order chi connectivity index (χ0) is 13.1. The molecule has 5 nitrogen and oxygen atoms in total. The summed E-state index contributed by atoms with van der Waals surface area (Å²) in [5.41, 5.74) is 8.54. The van der Waals surface area contributed by atoms with Gasteiger partial charge in [-0.1, -0.05) is 0 Å². The lowest BCUT2D eigenvalue weighted by atomic mass is 10.2. The van der Waals surface area contributed by atoms with Crippen LogP contribution in [-0.2, 0) is 10.0 Å². The Morgan fingerprint density at radius 2 is 2.00 bits per heavy atom.